The summed E-state index contributed by atoms with van der Waals surface area (Å²) in [7, 11) is 0. The average molecular weight is 422 g/mol. The molecule has 0 saturated carbocycles. The molecule has 1 atom stereocenters. The monoisotopic (exact) mass is 420 g/mol. The van der Waals surface area contributed by atoms with E-state index in [1.807, 2.05) is 78.8 Å². The number of allylic oxidation sites excluding steroid dienone is 5. The van der Waals surface area contributed by atoms with Gasteiger partial charge >= 0.3 is 157 Å². The second-order valence-corrected chi connectivity index (χ2v) is 15.0. The van der Waals surface area contributed by atoms with Crippen molar-refractivity contribution in [2.45, 2.75) is 55.2 Å². The minimum atomic E-state index is -5.68. The first-order chi connectivity index (χ1) is 11.5. The van der Waals surface area contributed by atoms with Gasteiger partial charge < -0.3 is 0 Å². The zero-order valence-electron chi connectivity index (χ0n) is 16.3. The molecule has 1 aromatic rings. The van der Waals surface area contributed by atoms with E-state index in [0.29, 0.717) is 0 Å². The molecule has 0 aliphatic heterocycles. The number of hydrogen-bond donors (Lipinski definition) is 0. The number of benzene rings is 1. The van der Waals surface area contributed by atoms with Crippen LogP contribution in [0.4, 0.5) is 5.25 Å². The van der Waals surface area contributed by atoms with Crippen molar-refractivity contribution in [1.82, 2.24) is 0 Å². The van der Waals surface area contributed by atoms with Crippen LogP contribution in [0.25, 0.3) is 6.08 Å². The molecular weight excluding hydrogens is 393 g/mol. The Kier molecular flexibility index (Phi) is 4.64. The van der Waals surface area contributed by atoms with Gasteiger partial charge in [-0.05, 0) is 0 Å². The Labute approximate surface area is 156 Å². The maximum atomic E-state index is 16.5. The minimum absolute atomic E-state index is 0.140. The summed E-state index contributed by atoms with van der Waals surface area (Å²) in [5.74, 6) is 0.140. The van der Waals surface area contributed by atoms with E-state index in [4.69, 9.17) is 0 Å². The molecule has 0 amide bonds. The van der Waals surface area contributed by atoms with Crippen LogP contribution in [0.5, 0.6) is 0 Å². The molecule has 1 aromatic carbocycles. The van der Waals surface area contributed by atoms with Crippen molar-refractivity contribution in [3.63, 3.8) is 0 Å². The molecule has 2 aliphatic carbocycles. The van der Waals surface area contributed by atoms with Gasteiger partial charge in [0.25, 0.3) is 0 Å². The average Bonchev–Trinajstić information content (AvgIpc) is 3.04. The summed E-state index contributed by atoms with van der Waals surface area (Å²) in [5, 5.41) is 0. The van der Waals surface area contributed by atoms with Gasteiger partial charge in [-0.3, -0.25) is 0 Å². The third-order valence-electron chi connectivity index (χ3n) is 6.85. The predicted molar refractivity (Wildman–Crippen MR) is 99.3 cm³/mol. The molecule has 0 fully saturated rings. The molecule has 0 radical (unpaired) electrons. The van der Waals surface area contributed by atoms with Crippen LogP contribution in [0.15, 0.2) is 52.1 Å². The SMILES string of the molecule is CC1=C(C)[C](C)([Zr]([F])([F])[CH]2C(C(C)C)=Cc3ccccc32)C(C)=C1C. The van der Waals surface area contributed by atoms with Crippen LogP contribution in [0, 0.1) is 5.92 Å². The first-order valence-corrected chi connectivity index (χ1v) is 13.6. The molecule has 134 valence electrons. The van der Waals surface area contributed by atoms with Gasteiger partial charge in [0.1, 0.15) is 0 Å². The second-order valence-electron chi connectivity index (χ2n) is 8.11. The fourth-order valence-electron chi connectivity index (χ4n) is 4.63. The van der Waals surface area contributed by atoms with E-state index in [0.717, 1.165) is 39.0 Å². The summed E-state index contributed by atoms with van der Waals surface area (Å²) in [4.78, 5) is 0. The van der Waals surface area contributed by atoms with E-state index in [2.05, 4.69) is 0 Å². The standard InChI is InChI=1S/C12H13.C10H15.2FH.Zr/c1-9(2)12-7-10-5-3-4-6-11(10)8-12;1-6-7(2)9(4)10(5)8(6)3;;;/h3-9H,1-2H3;1-5H3;2*1H;/q;;;;+2/p-2. The van der Waals surface area contributed by atoms with E-state index < -0.39 is 28.2 Å². The first-order valence-electron chi connectivity index (χ1n) is 9.09. The van der Waals surface area contributed by atoms with E-state index in [9.17, 15) is 0 Å². The van der Waals surface area contributed by atoms with Gasteiger partial charge in [0.05, 0.1) is 0 Å². The number of rotatable bonds is 3. The van der Waals surface area contributed by atoms with Crippen molar-refractivity contribution in [2.24, 2.45) is 5.92 Å². The van der Waals surface area contributed by atoms with E-state index in [1.165, 1.54) is 0 Å². The topological polar surface area (TPSA) is 0 Å². The van der Waals surface area contributed by atoms with Crippen LogP contribution in [0.3, 0.4) is 0 Å². The van der Waals surface area contributed by atoms with Crippen molar-refractivity contribution in [2.75, 3.05) is 0 Å². The van der Waals surface area contributed by atoms with Crippen LogP contribution in [-0.4, -0.2) is 0 Å². The van der Waals surface area contributed by atoms with Gasteiger partial charge in [0.2, 0.25) is 0 Å². The van der Waals surface area contributed by atoms with E-state index >= 15 is 5.25 Å². The third kappa shape index (κ3) is 2.45. The Morgan fingerprint density at radius 1 is 0.960 bits per heavy atom. The Morgan fingerprint density at radius 2 is 1.48 bits per heavy atom. The maximum absolute atomic E-state index is 16.5. The van der Waals surface area contributed by atoms with Gasteiger partial charge in [-0.15, -0.1) is 0 Å². The number of halogens is 2. The van der Waals surface area contributed by atoms with Crippen LogP contribution in [0.1, 0.15) is 63.2 Å². The zero-order chi connectivity index (χ0) is 18.7. The molecule has 0 bridgehead atoms. The Hall–Kier alpha value is -0.817. The van der Waals surface area contributed by atoms with E-state index in [1.54, 1.807) is 0 Å². The summed E-state index contributed by atoms with van der Waals surface area (Å²) in [6.45, 7) is 13.8. The van der Waals surface area contributed by atoms with Crippen molar-refractivity contribution >= 4 is 6.08 Å². The van der Waals surface area contributed by atoms with Crippen molar-refractivity contribution in [1.29, 1.82) is 0 Å². The molecule has 0 spiro atoms. The van der Waals surface area contributed by atoms with Gasteiger partial charge in [-0.1, -0.05) is 0 Å². The van der Waals surface area contributed by atoms with Crippen molar-refractivity contribution < 1.29 is 26.7 Å². The van der Waals surface area contributed by atoms with Crippen molar-refractivity contribution in [3.05, 3.63) is 63.3 Å². The fourth-order valence-corrected chi connectivity index (χ4v) is 13.1. The molecule has 0 nitrogen and oxygen atoms in total. The third-order valence-corrected chi connectivity index (χ3v) is 15.3. The predicted octanol–water partition coefficient (Wildman–Crippen LogP) is 7.57. The molecular formula is C22H28F2Zr. The molecule has 3 heteroatoms. The second kappa shape index (κ2) is 6.12. The van der Waals surface area contributed by atoms with Crippen LogP contribution in [-0.2, 0) is 21.5 Å². The molecule has 0 N–H and O–H groups in total. The Bertz CT molecular complexity index is 800. The summed E-state index contributed by atoms with van der Waals surface area (Å²) in [6, 6.07) is 7.76. The van der Waals surface area contributed by atoms with Crippen LogP contribution in [0.2, 0.25) is 3.12 Å². The molecule has 0 saturated heterocycles. The van der Waals surface area contributed by atoms with Crippen LogP contribution < -0.4 is 0 Å². The zero-order valence-corrected chi connectivity index (χ0v) is 18.8. The normalized spacial score (nSPS) is 22.8. The molecule has 25 heavy (non-hydrogen) atoms. The van der Waals surface area contributed by atoms with Gasteiger partial charge in [0.15, 0.2) is 0 Å². The summed E-state index contributed by atoms with van der Waals surface area (Å²) >= 11 is -5.68. The molecule has 0 aromatic heterocycles. The van der Waals surface area contributed by atoms with Crippen molar-refractivity contribution in [3.8, 4) is 0 Å². The summed E-state index contributed by atoms with van der Waals surface area (Å²) < 4.78 is 31.2. The summed E-state index contributed by atoms with van der Waals surface area (Å²) in [5.41, 5.74) is 6.72. The number of fused-ring (bicyclic) bond motifs is 1. The molecule has 2 aliphatic rings. The van der Waals surface area contributed by atoms with Gasteiger partial charge in [0, 0.05) is 0 Å². The fraction of sp³-hybridized carbons (Fsp3) is 0.455. The van der Waals surface area contributed by atoms with Crippen LogP contribution >= 0.6 is 0 Å². The quantitative estimate of drug-likeness (QED) is 0.472. The molecule has 3 rings (SSSR count). The summed E-state index contributed by atoms with van der Waals surface area (Å²) in [6.07, 6.45) is 2.03. The molecule has 1 unspecified atom stereocenters. The Balaban J connectivity index is 2.22. The van der Waals surface area contributed by atoms with Gasteiger partial charge in [-0.2, -0.15) is 0 Å². The Morgan fingerprint density at radius 3 is 2.00 bits per heavy atom. The number of hydrogen-bond acceptors (Lipinski definition) is 0. The van der Waals surface area contributed by atoms with E-state index in [-0.39, 0.29) is 5.92 Å². The van der Waals surface area contributed by atoms with Gasteiger partial charge in [-0.25, -0.2) is 0 Å². The molecule has 0 heterocycles. The first kappa shape index (κ1) is 19.0.